The van der Waals surface area contributed by atoms with Crippen LogP contribution in [-0.4, -0.2) is 24.0 Å². The number of hydrogen-bond donors (Lipinski definition) is 3. The van der Waals surface area contributed by atoms with E-state index >= 15 is 0 Å². The number of pyridine rings is 1. The van der Waals surface area contributed by atoms with Crippen molar-refractivity contribution in [2.24, 2.45) is 5.73 Å². The molecule has 0 saturated carbocycles. The summed E-state index contributed by atoms with van der Waals surface area (Å²) in [5.74, 6) is 0.251. The second kappa shape index (κ2) is 8.68. The van der Waals surface area contributed by atoms with E-state index in [2.05, 4.69) is 15.6 Å². The number of aromatic nitrogens is 1. The number of methoxy groups -OCH3 is 1. The molecule has 132 valence electrons. The molecule has 25 heavy (non-hydrogen) atoms. The Morgan fingerprint density at radius 2 is 2.00 bits per heavy atom. The standard InChI is InChI=1S/C18H22N4O3/c1-12-6-3-4-8-14(12)15(22-18(19)24)10-16(23)21-11-13-7-5-9-20-17(13)25-2/h3-9,15H,10-11H2,1-2H3,(H,21,23)(H3,19,22,24). The van der Waals surface area contributed by atoms with Crippen LogP contribution in [0, 0.1) is 6.92 Å². The van der Waals surface area contributed by atoms with Crippen LogP contribution < -0.4 is 21.1 Å². The third kappa shape index (κ3) is 5.20. The van der Waals surface area contributed by atoms with Crippen LogP contribution in [0.3, 0.4) is 0 Å². The average Bonchev–Trinajstić information content (AvgIpc) is 2.59. The van der Waals surface area contributed by atoms with Gasteiger partial charge < -0.3 is 21.1 Å². The van der Waals surface area contributed by atoms with Crippen LogP contribution in [0.25, 0.3) is 0 Å². The van der Waals surface area contributed by atoms with E-state index < -0.39 is 12.1 Å². The highest BCUT2D eigenvalue weighted by molar-refractivity contribution is 5.79. The fraction of sp³-hybridized carbons (Fsp3) is 0.278. The smallest absolute Gasteiger partial charge is 0.312 e. The molecule has 0 radical (unpaired) electrons. The van der Waals surface area contributed by atoms with Crippen molar-refractivity contribution in [2.45, 2.75) is 25.9 Å². The number of urea groups is 1. The van der Waals surface area contributed by atoms with Crippen LogP contribution in [0.1, 0.15) is 29.2 Å². The van der Waals surface area contributed by atoms with Gasteiger partial charge in [0.1, 0.15) is 0 Å². The van der Waals surface area contributed by atoms with Crippen LogP contribution in [0.15, 0.2) is 42.6 Å². The summed E-state index contributed by atoms with van der Waals surface area (Å²) in [5.41, 5.74) is 7.86. The van der Waals surface area contributed by atoms with Gasteiger partial charge in [-0.2, -0.15) is 0 Å². The Kier molecular flexibility index (Phi) is 6.33. The minimum atomic E-state index is -0.671. The Morgan fingerprint density at radius 3 is 2.68 bits per heavy atom. The highest BCUT2D eigenvalue weighted by Crippen LogP contribution is 2.21. The molecule has 7 heteroatoms. The van der Waals surface area contributed by atoms with Crippen molar-refractivity contribution in [3.8, 4) is 5.88 Å². The fourth-order valence-electron chi connectivity index (χ4n) is 2.58. The van der Waals surface area contributed by atoms with Crippen LogP contribution in [0.2, 0.25) is 0 Å². The van der Waals surface area contributed by atoms with Gasteiger partial charge in [-0.15, -0.1) is 0 Å². The minimum absolute atomic E-state index is 0.0797. The molecule has 4 N–H and O–H groups in total. The van der Waals surface area contributed by atoms with Crippen molar-refractivity contribution in [3.05, 3.63) is 59.3 Å². The molecule has 0 aliphatic heterocycles. The number of primary amides is 1. The lowest BCUT2D eigenvalue weighted by molar-refractivity contribution is -0.121. The van der Waals surface area contributed by atoms with Gasteiger partial charge in [-0.05, 0) is 24.1 Å². The van der Waals surface area contributed by atoms with E-state index in [0.717, 1.165) is 16.7 Å². The lowest BCUT2D eigenvalue weighted by Gasteiger charge is -2.19. The summed E-state index contributed by atoms with van der Waals surface area (Å²) in [6, 6.07) is 9.98. The van der Waals surface area contributed by atoms with Crippen molar-refractivity contribution in [1.82, 2.24) is 15.6 Å². The molecule has 0 bridgehead atoms. The maximum Gasteiger partial charge on any atom is 0.312 e. The van der Waals surface area contributed by atoms with E-state index in [9.17, 15) is 9.59 Å². The number of nitrogens with one attached hydrogen (secondary N) is 2. The quantitative estimate of drug-likeness (QED) is 0.713. The van der Waals surface area contributed by atoms with Crippen molar-refractivity contribution in [2.75, 3.05) is 7.11 Å². The highest BCUT2D eigenvalue weighted by Gasteiger charge is 2.19. The number of rotatable bonds is 7. The molecule has 0 aliphatic rings. The van der Waals surface area contributed by atoms with E-state index in [1.165, 1.54) is 7.11 Å². The lowest BCUT2D eigenvalue weighted by Crippen LogP contribution is -2.36. The Labute approximate surface area is 146 Å². The third-order valence-electron chi connectivity index (χ3n) is 3.79. The van der Waals surface area contributed by atoms with Gasteiger partial charge >= 0.3 is 6.03 Å². The van der Waals surface area contributed by atoms with Crippen LogP contribution >= 0.6 is 0 Å². The summed E-state index contributed by atoms with van der Waals surface area (Å²) >= 11 is 0. The SMILES string of the molecule is COc1ncccc1CNC(=O)CC(NC(N)=O)c1ccccc1C. The summed E-state index contributed by atoms with van der Waals surface area (Å²) in [6.45, 7) is 2.20. The molecule has 2 rings (SSSR count). The monoisotopic (exact) mass is 342 g/mol. The number of aryl methyl sites for hydroxylation is 1. The van der Waals surface area contributed by atoms with Gasteiger partial charge in [-0.25, -0.2) is 9.78 Å². The molecule has 1 heterocycles. The predicted molar refractivity (Wildman–Crippen MR) is 93.9 cm³/mol. The fourth-order valence-corrected chi connectivity index (χ4v) is 2.58. The van der Waals surface area contributed by atoms with Crippen molar-refractivity contribution < 1.29 is 14.3 Å². The maximum atomic E-state index is 12.3. The predicted octanol–water partition coefficient (Wildman–Crippen LogP) is 1.81. The maximum absolute atomic E-state index is 12.3. The number of amides is 3. The first-order valence-corrected chi connectivity index (χ1v) is 7.87. The molecule has 1 unspecified atom stereocenters. The summed E-state index contributed by atoms with van der Waals surface area (Å²) in [5, 5.41) is 5.45. The number of carbonyl (C=O) groups excluding carboxylic acids is 2. The van der Waals surface area contributed by atoms with Crippen molar-refractivity contribution in [3.63, 3.8) is 0 Å². The summed E-state index contributed by atoms with van der Waals surface area (Å²) in [7, 11) is 1.53. The van der Waals surface area contributed by atoms with E-state index in [1.807, 2.05) is 37.3 Å². The number of carbonyl (C=O) groups is 2. The van der Waals surface area contributed by atoms with Gasteiger partial charge in [0.05, 0.1) is 19.6 Å². The Balaban J connectivity index is 2.04. The Hall–Kier alpha value is -3.09. The third-order valence-corrected chi connectivity index (χ3v) is 3.79. The van der Waals surface area contributed by atoms with E-state index in [1.54, 1.807) is 12.3 Å². The van der Waals surface area contributed by atoms with Gasteiger partial charge in [-0.3, -0.25) is 4.79 Å². The topological polar surface area (TPSA) is 106 Å². The number of nitrogens with two attached hydrogens (primary N) is 1. The zero-order valence-electron chi connectivity index (χ0n) is 14.3. The van der Waals surface area contributed by atoms with Crippen LogP contribution in [-0.2, 0) is 11.3 Å². The second-order valence-electron chi connectivity index (χ2n) is 5.57. The molecular formula is C18H22N4O3. The number of ether oxygens (including phenoxy) is 1. The van der Waals surface area contributed by atoms with Gasteiger partial charge in [0.2, 0.25) is 11.8 Å². The molecule has 7 nitrogen and oxygen atoms in total. The molecule has 0 saturated heterocycles. The summed E-state index contributed by atoms with van der Waals surface area (Å²) in [4.78, 5) is 27.7. The van der Waals surface area contributed by atoms with E-state index in [0.29, 0.717) is 5.88 Å². The van der Waals surface area contributed by atoms with E-state index in [-0.39, 0.29) is 18.9 Å². The first-order valence-electron chi connectivity index (χ1n) is 7.87. The molecule has 1 aromatic carbocycles. The first-order chi connectivity index (χ1) is 12.0. The van der Waals surface area contributed by atoms with Crippen LogP contribution in [0.5, 0.6) is 5.88 Å². The Bertz CT molecular complexity index is 749. The second-order valence-corrected chi connectivity index (χ2v) is 5.57. The molecule has 0 spiro atoms. The first kappa shape index (κ1) is 18.3. The number of benzene rings is 1. The Morgan fingerprint density at radius 1 is 1.24 bits per heavy atom. The van der Waals surface area contributed by atoms with Crippen LogP contribution in [0.4, 0.5) is 4.79 Å². The normalized spacial score (nSPS) is 11.4. The number of nitrogens with zero attached hydrogens (tertiary/aromatic N) is 1. The average molecular weight is 342 g/mol. The zero-order chi connectivity index (χ0) is 18.2. The molecule has 1 aromatic heterocycles. The molecule has 3 amide bonds. The lowest BCUT2D eigenvalue weighted by atomic mass is 9.98. The molecule has 0 fully saturated rings. The van der Waals surface area contributed by atoms with Crippen molar-refractivity contribution in [1.29, 1.82) is 0 Å². The largest absolute Gasteiger partial charge is 0.481 e. The summed E-state index contributed by atoms with van der Waals surface area (Å²) in [6.07, 6.45) is 1.70. The molecule has 2 aromatic rings. The van der Waals surface area contributed by atoms with Gasteiger partial charge in [0.15, 0.2) is 0 Å². The minimum Gasteiger partial charge on any atom is -0.481 e. The van der Waals surface area contributed by atoms with Gasteiger partial charge in [-0.1, -0.05) is 30.3 Å². The zero-order valence-corrected chi connectivity index (χ0v) is 14.3. The van der Waals surface area contributed by atoms with Gasteiger partial charge in [0.25, 0.3) is 0 Å². The number of hydrogen-bond acceptors (Lipinski definition) is 4. The molecular weight excluding hydrogens is 320 g/mol. The van der Waals surface area contributed by atoms with Crippen molar-refractivity contribution >= 4 is 11.9 Å². The molecule has 0 aliphatic carbocycles. The molecule has 1 atom stereocenters. The summed E-state index contributed by atoms with van der Waals surface area (Å²) < 4.78 is 5.16. The van der Waals surface area contributed by atoms with Gasteiger partial charge in [0, 0.05) is 18.3 Å². The highest BCUT2D eigenvalue weighted by atomic mass is 16.5. The van der Waals surface area contributed by atoms with E-state index in [4.69, 9.17) is 10.5 Å².